The van der Waals surface area contributed by atoms with Gasteiger partial charge in [-0.3, -0.25) is 4.79 Å². The van der Waals surface area contributed by atoms with Crippen LogP contribution in [0.2, 0.25) is 5.02 Å². The summed E-state index contributed by atoms with van der Waals surface area (Å²) in [5.74, 6) is -1.92. The lowest BCUT2D eigenvalue weighted by molar-refractivity contribution is -0.140. The lowest BCUT2D eigenvalue weighted by Gasteiger charge is -2.11. The van der Waals surface area contributed by atoms with Crippen molar-refractivity contribution in [2.75, 3.05) is 6.61 Å². The summed E-state index contributed by atoms with van der Waals surface area (Å²) in [6.45, 7) is -0.678. The lowest BCUT2D eigenvalue weighted by Crippen LogP contribution is -2.43. The first kappa shape index (κ1) is 14.0. The number of amides is 1. The fourth-order valence-electron chi connectivity index (χ4n) is 1.11. The van der Waals surface area contributed by atoms with E-state index in [1.54, 1.807) is 6.07 Å². The van der Waals surface area contributed by atoms with E-state index in [2.05, 4.69) is 21.2 Å². The van der Waals surface area contributed by atoms with Crippen LogP contribution in [0.15, 0.2) is 22.7 Å². The van der Waals surface area contributed by atoms with Crippen LogP contribution in [-0.4, -0.2) is 34.7 Å². The first-order valence-corrected chi connectivity index (χ1v) is 5.71. The highest BCUT2D eigenvalue weighted by molar-refractivity contribution is 9.10. The number of hydrogen-bond donors (Lipinski definition) is 3. The van der Waals surface area contributed by atoms with Gasteiger partial charge in [0, 0.05) is 15.1 Å². The van der Waals surface area contributed by atoms with E-state index >= 15 is 0 Å². The van der Waals surface area contributed by atoms with Crippen LogP contribution in [0.3, 0.4) is 0 Å². The Kier molecular flexibility index (Phi) is 4.92. The molecule has 5 nitrogen and oxygen atoms in total. The Morgan fingerprint density at radius 3 is 2.53 bits per heavy atom. The maximum Gasteiger partial charge on any atom is 0.328 e. The standard InChI is InChI=1S/C10H9BrClNO4/c11-6-1-5(2-7(12)3-6)9(15)13-8(4-14)10(16)17/h1-3,8,14H,4H2,(H,13,15)(H,16,17). The molecule has 17 heavy (non-hydrogen) atoms. The van der Waals surface area contributed by atoms with Gasteiger partial charge in [0.05, 0.1) is 6.61 Å². The van der Waals surface area contributed by atoms with Gasteiger partial charge in [0.15, 0.2) is 6.04 Å². The van der Waals surface area contributed by atoms with Crippen molar-refractivity contribution < 1.29 is 19.8 Å². The highest BCUT2D eigenvalue weighted by Gasteiger charge is 2.19. The zero-order valence-electron chi connectivity index (χ0n) is 8.48. The lowest BCUT2D eigenvalue weighted by atomic mass is 10.2. The predicted molar refractivity (Wildman–Crippen MR) is 65.1 cm³/mol. The van der Waals surface area contributed by atoms with Gasteiger partial charge in [-0.2, -0.15) is 0 Å². The molecule has 7 heteroatoms. The SMILES string of the molecule is O=C(NC(CO)C(=O)O)c1cc(Cl)cc(Br)c1. The number of carboxylic acid groups (broad SMARTS) is 1. The molecule has 0 radical (unpaired) electrons. The number of aliphatic hydroxyl groups is 1. The van der Waals surface area contributed by atoms with E-state index in [0.29, 0.717) is 9.50 Å². The molecule has 1 unspecified atom stereocenters. The molecule has 0 saturated heterocycles. The van der Waals surface area contributed by atoms with Crippen molar-refractivity contribution in [3.05, 3.63) is 33.3 Å². The van der Waals surface area contributed by atoms with Crippen LogP contribution in [-0.2, 0) is 4.79 Å². The topological polar surface area (TPSA) is 86.6 Å². The third-order valence-electron chi connectivity index (χ3n) is 1.91. The molecule has 0 aromatic heterocycles. The van der Waals surface area contributed by atoms with Crippen LogP contribution >= 0.6 is 27.5 Å². The van der Waals surface area contributed by atoms with Gasteiger partial charge in [-0.25, -0.2) is 4.79 Å². The average Bonchev–Trinajstić information content (AvgIpc) is 2.23. The highest BCUT2D eigenvalue weighted by Crippen LogP contribution is 2.19. The van der Waals surface area contributed by atoms with E-state index < -0.39 is 24.5 Å². The smallest absolute Gasteiger partial charge is 0.328 e. The number of hydrogen-bond acceptors (Lipinski definition) is 3. The Morgan fingerprint density at radius 1 is 1.41 bits per heavy atom. The minimum Gasteiger partial charge on any atom is -0.480 e. The first-order chi connectivity index (χ1) is 7.93. The summed E-state index contributed by atoms with van der Waals surface area (Å²) in [4.78, 5) is 22.3. The highest BCUT2D eigenvalue weighted by atomic mass is 79.9. The molecule has 0 fully saturated rings. The van der Waals surface area contributed by atoms with Gasteiger partial charge < -0.3 is 15.5 Å². The molecule has 1 aromatic carbocycles. The summed E-state index contributed by atoms with van der Waals surface area (Å²) in [5, 5.41) is 20.0. The average molecular weight is 323 g/mol. The van der Waals surface area contributed by atoms with Gasteiger partial charge in [0.1, 0.15) is 0 Å². The van der Waals surface area contributed by atoms with Gasteiger partial charge in [-0.15, -0.1) is 0 Å². The molecule has 0 spiro atoms. The molecular weight excluding hydrogens is 313 g/mol. The first-order valence-electron chi connectivity index (χ1n) is 4.54. The molecule has 1 aromatic rings. The Morgan fingerprint density at radius 2 is 2.06 bits per heavy atom. The van der Waals surface area contributed by atoms with E-state index in [0.717, 1.165) is 0 Å². The number of carboxylic acids is 1. The van der Waals surface area contributed by atoms with E-state index in [1.807, 2.05) is 0 Å². The third kappa shape index (κ3) is 3.99. The molecule has 1 atom stereocenters. The molecule has 0 aliphatic carbocycles. The number of nitrogens with one attached hydrogen (secondary N) is 1. The number of aliphatic carboxylic acids is 1. The number of benzene rings is 1. The van der Waals surface area contributed by atoms with E-state index in [9.17, 15) is 9.59 Å². The predicted octanol–water partition coefficient (Wildman–Crippen LogP) is 1.28. The van der Waals surface area contributed by atoms with Crippen molar-refractivity contribution in [3.8, 4) is 0 Å². The van der Waals surface area contributed by atoms with Gasteiger partial charge >= 0.3 is 5.97 Å². The van der Waals surface area contributed by atoms with Crippen molar-refractivity contribution in [1.29, 1.82) is 0 Å². The quantitative estimate of drug-likeness (QED) is 0.779. The van der Waals surface area contributed by atoms with Crippen LogP contribution in [0.1, 0.15) is 10.4 Å². The van der Waals surface area contributed by atoms with Crippen LogP contribution in [0.5, 0.6) is 0 Å². The fraction of sp³-hybridized carbons (Fsp3) is 0.200. The minimum atomic E-state index is -1.33. The van der Waals surface area contributed by atoms with Gasteiger partial charge in [0.25, 0.3) is 5.91 Å². The largest absolute Gasteiger partial charge is 0.480 e. The maximum absolute atomic E-state index is 11.7. The Bertz CT molecular complexity index is 432. The zero-order chi connectivity index (χ0) is 13.0. The van der Waals surface area contributed by atoms with Crippen molar-refractivity contribution in [2.24, 2.45) is 0 Å². The normalized spacial score (nSPS) is 11.9. The van der Waals surface area contributed by atoms with Crippen LogP contribution in [0.25, 0.3) is 0 Å². The second-order valence-corrected chi connectivity index (χ2v) is 4.56. The Labute approximate surface area is 111 Å². The van der Waals surface area contributed by atoms with E-state index in [-0.39, 0.29) is 5.56 Å². The molecule has 0 heterocycles. The number of carbonyl (C=O) groups is 2. The van der Waals surface area contributed by atoms with E-state index in [4.69, 9.17) is 21.8 Å². The van der Waals surface area contributed by atoms with Crippen molar-refractivity contribution in [1.82, 2.24) is 5.32 Å². The maximum atomic E-state index is 11.7. The summed E-state index contributed by atoms with van der Waals surface area (Å²) in [6.07, 6.45) is 0. The second-order valence-electron chi connectivity index (χ2n) is 3.20. The summed E-state index contributed by atoms with van der Waals surface area (Å²) in [6, 6.07) is 3.16. The summed E-state index contributed by atoms with van der Waals surface area (Å²) < 4.78 is 0.603. The fourth-order valence-corrected chi connectivity index (χ4v) is 1.97. The molecule has 92 valence electrons. The number of carbonyl (C=O) groups excluding carboxylic acids is 1. The third-order valence-corrected chi connectivity index (χ3v) is 2.59. The summed E-state index contributed by atoms with van der Waals surface area (Å²) in [7, 11) is 0. The number of halogens is 2. The van der Waals surface area contributed by atoms with Gasteiger partial charge in [0.2, 0.25) is 0 Å². The molecule has 3 N–H and O–H groups in total. The Hall–Kier alpha value is -1.11. The monoisotopic (exact) mass is 321 g/mol. The molecule has 0 aliphatic rings. The molecule has 0 aliphatic heterocycles. The van der Waals surface area contributed by atoms with Crippen molar-refractivity contribution in [3.63, 3.8) is 0 Å². The number of rotatable bonds is 4. The minimum absolute atomic E-state index is 0.212. The van der Waals surface area contributed by atoms with Crippen LogP contribution in [0, 0.1) is 0 Å². The molecule has 1 rings (SSSR count). The van der Waals surface area contributed by atoms with Crippen molar-refractivity contribution >= 4 is 39.4 Å². The van der Waals surface area contributed by atoms with E-state index in [1.165, 1.54) is 12.1 Å². The molecular formula is C10H9BrClNO4. The Balaban J connectivity index is 2.86. The molecule has 1 amide bonds. The van der Waals surface area contributed by atoms with Gasteiger partial charge in [-0.1, -0.05) is 27.5 Å². The van der Waals surface area contributed by atoms with Crippen LogP contribution < -0.4 is 5.32 Å². The summed E-state index contributed by atoms with van der Waals surface area (Å²) in [5.41, 5.74) is 0.212. The van der Waals surface area contributed by atoms with Gasteiger partial charge in [-0.05, 0) is 18.2 Å². The molecule has 0 saturated carbocycles. The van der Waals surface area contributed by atoms with Crippen molar-refractivity contribution in [2.45, 2.75) is 6.04 Å². The number of aliphatic hydroxyl groups excluding tert-OH is 1. The zero-order valence-corrected chi connectivity index (χ0v) is 10.8. The van der Waals surface area contributed by atoms with Crippen LogP contribution in [0.4, 0.5) is 0 Å². The second kappa shape index (κ2) is 6.00. The summed E-state index contributed by atoms with van der Waals surface area (Å²) >= 11 is 8.91. The molecule has 0 bridgehead atoms.